The second-order valence-corrected chi connectivity index (χ2v) is 5.43. The lowest BCUT2D eigenvalue weighted by Crippen LogP contribution is -2.33. The molecule has 2 heterocycles. The first kappa shape index (κ1) is 10.4. The highest BCUT2D eigenvalue weighted by Crippen LogP contribution is 2.27. The van der Waals surface area contributed by atoms with E-state index in [4.69, 9.17) is 0 Å². The van der Waals surface area contributed by atoms with Gasteiger partial charge in [0, 0.05) is 15.4 Å². The molecule has 1 N–H and O–H groups in total. The summed E-state index contributed by atoms with van der Waals surface area (Å²) in [6.07, 6.45) is 4.82. The standard InChI is InChI=1S/C11H14BrNS/c1-8-9(3-2-5-13-8)7-11-10(12)4-6-14-11/h4,6-8,13H,2-3,5H2,1H3/b9-7+. The van der Waals surface area contributed by atoms with Crippen LogP contribution in [0.2, 0.25) is 0 Å². The summed E-state index contributed by atoms with van der Waals surface area (Å²) in [7, 11) is 0. The highest BCUT2D eigenvalue weighted by molar-refractivity contribution is 9.10. The molecule has 1 aliphatic heterocycles. The molecule has 1 aromatic heterocycles. The van der Waals surface area contributed by atoms with Crippen molar-refractivity contribution in [1.29, 1.82) is 0 Å². The second kappa shape index (κ2) is 4.60. The van der Waals surface area contributed by atoms with Gasteiger partial charge in [0.05, 0.1) is 0 Å². The van der Waals surface area contributed by atoms with Gasteiger partial charge in [0.25, 0.3) is 0 Å². The Balaban J connectivity index is 2.20. The van der Waals surface area contributed by atoms with E-state index in [0.29, 0.717) is 6.04 Å². The molecule has 2 rings (SSSR count). The normalized spacial score (nSPS) is 25.6. The van der Waals surface area contributed by atoms with Crippen molar-refractivity contribution >= 4 is 33.3 Å². The van der Waals surface area contributed by atoms with Crippen molar-refractivity contribution in [2.45, 2.75) is 25.8 Å². The van der Waals surface area contributed by atoms with Crippen molar-refractivity contribution < 1.29 is 0 Å². The van der Waals surface area contributed by atoms with Crippen molar-refractivity contribution in [3.63, 3.8) is 0 Å². The Bertz CT molecular complexity index is 343. The van der Waals surface area contributed by atoms with E-state index in [9.17, 15) is 0 Å². The van der Waals surface area contributed by atoms with Crippen LogP contribution in [0, 0.1) is 0 Å². The van der Waals surface area contributed by atoms with Gasteiger partial charge in [0.2, 0.25) is 0 Å². The third-order valence-electron chi connectivity index (χ3n) is 2.61. The zero-order chi connectivity index (χ0) is 9.97. The van der Waals surface area contributed by atoms with Crippen LogP contribution in [0.4, 0.5) is 0 Å². The lowest BCUT2D eigenvalue weighted by atomic mass is 9.98. The summed E-state index contributed by atoms with van der Waals surface area (Å²) in [5.74, 6) is 0. The number of hydrogen-bond acceptors (Lipinski definition) is 2. The monoisotopic (exact) mass is 271 g/mol. The molecule has 1 saturated heterocycles. The van der Waals surface area contributed by atoms with Crippen LogP contribution in [0.3, 0.4) is 0 Å². The van der Waals surface area contributed by atoms with Crippen molar-refractivity contribution in [3.8, 4) is 0 Å². The first-order valence-corrected chi connectivity index (χ1v) is 6.61. The lowest BCUT2D eigenvalue weighted by molar-refractivity contribution is 0.520. The minimum absolute atomic E-state index is 0.540. The van der Waals surface area contributed by atoms with Crippen LogP contribution in [0.15, 0.2) is 21.5 Å². The number of thiophene rings is 1. The average Bonchev–Trinajstić information content (AvgIpc) is 2.56. The van der Waals surface area contributed by atoms with Gasteiger partial charge in [0.1, 0.15) is 0 Å². The number of nitrogens with one attached hydrogen (secondary N) is 1. The first-order chi connectivity index (χ1) is 6.77. The van der Waals surface area contributed by atoms with Gasteiger partial charge in [-0.1, -0.05) is 5.57 Å². The molecule has 1 aliphatic rings. The SMILES string of the molecule is CC1NCCC/C1=C\c1sccc1Br. The molecule has 0 aromatic carbocycles. The van der Waals surface area contributed by atoms with Crippen LogP contribution >= 0.6 is 27.3 Å². The van der Waals surface area contributed by atoms with Gasteiger partial charge in [-0.15, -0.1) is 11.3 Å². The Hall–Kier alpha value is -0.120. The van der Waals surface area contributed by atoms with Crippen LogP contribution in [0.25, 0.3) is 6.08 Å². The molecule has 1 fully saturated rings. The van der Waals surface area contributed by atoms with Gasteiger partial charge >= 0.3 is 0 Å². The van der Waals surface area contributed by atoms with Crippen molar-refractivity contribution in [2.24, 2.45) is 0 Å². The third-order valence-corrected chi connectivity index (χ3v) is 4.43. The third kappa shape index (κ3) is 2.27. The smallest absolute Gasteiger partial charge is 0.0412 e. The molecular formula is C11H14BrNS. The van der Waals surface area contributed by atoms with E-state index < -0.39 is 0 Å². The van der Waals surface area contributed by atoms with Gasteiger partial charge in [0.15, 0.2) is 0 Å². The Morgan fingerprint density at radius 3 is 3.14 bits per heavy atom. The fourth-order valence-electron chi connectivity index (χ4n) is 1.73. The average molecular weight is 272 g/mol. The maximum absolute atomic E-state index is 3.56. The summed E-state index contributed by atoms with van der Waals surface area (Å²) in [6.45, 7) is 3.40. The number of piperidine rings is 1. The van der Waals surface area contributed by atoms with Gasteiger partial charge < -0.3 is 5.32 Å². The molecule has 0 amide bonds. The molecule has 3 heteroatoms. The minimum Gasteiger partial charge on any atom is -0.311 e. The molecule has 0 spiro atoms. The molecule has 0 saturated carbocycles. The van der Waals surface area contributed by atoms with Gasteiger partial charge in [-0.05, 0) is 59.8 Å². The Labute approximate surface area is 97.3 Å². The highest BCUT2D eigenvalue weighted by atomic mass is 79.9. The zero-order valence-electron chi connectivity index (χ0n) is 8.22. The molecule has 0 aliphatic carbocycles. The van der Waals surface area contributed by atoms with Crippen LogP contribution in [0.1, 0.15) is 24.6 Å². The summed E-state index contributed by atoms with van der Waals surface area (Å²) in [5, 5.41) is 5.61. The Kier molecular flexibility index (Phi) is 3.42. The van der Waals surface area contributed by atoms with E-state index in [1.54, 1.807) is 11.3 Å². The van der Waals surface area contributed by atoms with Crippen molar-refractivity contribution in [3.05, 3.63) is 26.4 Å². The molecule has 0 radical (unpaired) electrons. The molecule has 1 nitrogen and oxygen atoms in total. The van der Waals surface area contributed by atoms with Gasteiger partial charge in [-0.2, -0.15) is 0 Å². The largest absolute Gasteiger partial charge is 0.311 e. The van der Waals surface area contributed by atoms with Crippen LogP contribution < -0.4 is 5.32 Å². The first-order valence-electron chi connectivity index (χ1n) is 4.94. The summed E-state index contributed by atoms with van der Waals surface area (Å²) in [5.41, 5.74) is 1.53. The predicted molar refractivity (Wildman–Crippen MR) is 66.7 cm³/mol. The minimum atomic E-state index is 0.540. The number of halogens is 1. The summed E-state index contributed by atoms with van der Waals surface area (Å²) in [4.78, 5) is 1.34. The molecule has 1 aromatic rings. The Morgan fingerprint density at radius 2 is 2.50 bits per heavy atom. The lowest BCUT2D eigenvalue weighted by Gasteiger charge is -2.23. The molecule has 1 atom stereocenters. The highest BCUT2D eigenvalue weighted by Gasteiger charge is 2.13. The Morgan fingerprint density at radius 1 is 1.64 bits per heavy atom. The fourth-order valence-corrected chi connectivity index (χ4v) is 3.19. The summed E-state index contributed by atoms with van der Waals surface area (Å²) in [6, 6.07) is 2.65. The zero-order valence-corrected chi connectivity index (χ0v) is 10.6. The molecule has 14 heavy (non-hydrogen) atoms. The van der Waals surface area contributed by atoms with E-state index in [2.05, 4.69) is 45.7 Å². The predicted octanol–water partition coefficient (Wildman–Crippen LogP) is 3.67. The van der Waals surface area contributed by atoms with E-state index >= 15 is 0 Å². The van der Waals surface area contributed by atoms with Crippen molar-refractivity contribution in [2.75, 3.05) is 6.54 Å². The number of rotatable bonds is 1. The quantitative estimate of drug-likeness (QED) is 0.822. The summed E-state index contributed by atoms with van der Waals surface area (Å²) >= 11 is 5.35. The van der Waals surface area contributed by atoms with Crippen LogP contribution in [-0.2, 0) is 0 Å². The fraction of sp³-hybridized carbons (Fsp3) is 0.455. The maximum Gasteiger partial charge on any atom is 0.0412 e. The topological polar surface area (TPSA) is 12.0 Å². The van der Waals surface area contributed by atoms with E-state index in [-0.39, 0.29) is 0 Å². The van der Waals surface area contributed by atoms with E-state index in [0.717, 1.165) is 6.54 Å². The van der Waals surface area contributed by atoms with E-state index in [1.165, 1.54) is 27.8 Å². The molecular weight excluding hydrogens is 258 g/mol. The molecule has 76 valence electrons. The van der Waals surface area contributed by atoms with Crippen molar-refractivity contribution in [1.82, 2.24) is 5.32 Å². The summed E-state index contributed by atoms with van der Waals surface area (Å²) < 4.78 is 1.22. The van der Waals surface area contributed by atoms with Crippen LogP contribution in [0.5, 0.6) is 0 Å². The number of hydrogen-bond donors (Lipinski definition) is 1. The van der Waals surface area contributed by atoms with Gasteiger partial charge in [-0.25, -0.2) is 0 Å². The molecule has 1 unspecified atom stereocenters. The van der Waals surface area contributed by atoms with Gasteiger partial charge in [-0.3, -0.25) is 0 Å². The second-order valence-electron chi connectivity index (χ2n) is 3.63. The maximum atomic E-state index is 3.56. The van der Waals surface area contributed by atoms with E-state index in [1.807, 2.05) is 0 Å². The van der Waals surface area contributed by atoms with Crippen LogP contribution in [-0.4, -0.2) is 12.6 Å². The molecule has 0 bridgehead atoms.